The molecule has 66 heavy (non-hydrogen) atoms. The van der Waals surface area contributed by atoms with Gasteiger partial charge in [0.05, 0.1) is 16.4 Å². The second kappa shape index (κ2) is 12.0. The Hall–Kier alpha value is -7.18. The zero-order chi connectivity index (χ0) is 44.3. The molecule has 0 amide bonds. The second-order valence-corrected chi connectivity index (χ2v) is 21.9. The molecule has 5 nitrogen and oxygen atoms in total. The second-order valence-electron chi connectivity index (χ2n) is 21.9. The van der Waals surface area contributed by atoms with E-state index in [0.717, 1.165) is 90.3 Å². The maximum atomic E-state index is 7.30. The quantitative estimate of drug-likeness (QED) is 0.154. The average molecular weight is 855 g/mol. The number of para-hydroxylation sites is 3. The first-order chi connectivity index (χ1) is 31.8. The Bertz CT molecular complexity index is 4170. The van der Waals surface area contributed by atoms with Crippen LogP contribution in [-0.4, -0.2) is 11.4 Å². The van der Waals surface area contributed by atoms with Crippen molar-refractivity contribution in [1.29, 1.82) is 0 Å². The highest BCUT2D eigenvalue weighted by molar-refractivity contribution is 6.94. The van der Waals surface area contributed by atoms with E-state index < -0.39 is 0 Å². The maximum Gasteiger partial charge on any atom is 0.333 e. The zero-order valence-electron chi connectivity index (χ0n) is 38.3. The predicted molar refractivity (Wildman–Crippen MR) is 276 cm³/mol. The average Bonchev–Trinajstić information content (AvgIpc) is 4.07. The lowest BCUT2D eigenvalue weighted by atomic mass is 9.43. The third kappa shape index (κ3) is 4.57. The minimum atomic E-state index is -0.220. The van der Waals surface area contributed by atoms with Crippen molar-refractivity contribution >= 4 is 117 Å². The fraction of sp³-hybridized carbons (Fsp3) is 0.200. The molecule has 318 valence electrons. The Morgan fingerprint density at radius 2 is 1.11 bits per heavy atom. The number of anilines is 2. The molecule has 15 rings (SSSR count). The summed E-state index contributed by atoms with van der Waals surface area (Å²) in [6, 6.07) is 49.6. The van der Waals surface area contributed by atoms with Crippen LogP contribution in [0.15, 0.2) is 147 Å². The normalized spacial score (nSPS) is 16.2. The fourth-order valence-corrected chi connectivity index (χ4v) is 12.7. The first-order valence-corrected chi connectivity index (χ1v) is 23.7. The minimum absolute atomic E-state index is 0.0000992. The van der Waals surface area contributed by atoms with Crippen molar-refractivity contribution in [2.75, 3.05) is 4.81 Å². The number of fused-ring (bicyclic) bond motifs is 20. The summed E-state index contributed by atoms with van der Waals surface area (Å²) < 4.78 is 23.5. The van der Waals surface area contributed by atoms with Gasteiger partial charge in [0.15, 0.2) is 0 Å². The van der Waals surface area contributed by atoms with E-state index in [9.17, 15) is 0 Å². The number of hydrogen-bond donors (Lipinski definition) is 0. The molecule has 0 bridgehead atoms. The van der Waals surface area contributed by atoms with Gasteiger partial charge in [0.1, 0.15) is 33.5 Å². The van der Waals surface area contributed by atoms with Crippen LogP contribution in [0.1, 0.15) is 78.0 Å². The van der Waals surface area contributed by atoms with Crippen LogP contribution in [0, 0.1) is 0 Å². The van der Waals surface area contributed by atoms with Crippen LogP contribution in [0.3, 0.4) is 0 Å². The lowest BCUT2D eigenvalue weighted by molar-refractivity contribution is 0.332. The lowest BCUT2D eigenvalue weighted by Crippen LogP contribution is -2.60. The summed E-state index contributed by atoms with van der Waals surface area (Å²) in [5, 5.41) is 9.19. The van der Waals surface area contributed by atoms with Crippen molar-refractivity contribution < 1.29 is 13.3 Å². The van der Waals surface area contributed by atoms with Crippen molar-refractivity contribution in [3.8, 4) is 16.8 Å². The van der Waals surface area contributed by atoms with E-state index in [1.807, 2.05) is 0 Å². The van der Waals surface area contributed by atoms with Gasteiger partial charge in [0.25, 0.3) is 0 Å². The molecule has 6 heterocycles. The Labute approximate surface area is 382 Å². The van der Waals surface area contributed by atoms with Crippen molar-refractivity contribution in [2.45, 2.75) is 77.6 Å². The van der Waals surface area contributed by atoms with Crippen molar-refractivity contribution in [1.82, 2.24) is 4.57 Å². The summed E-state index contributed by atoms with van der Waals surface area (Å²) in [7, 11) is 0. The summed E-state index contributed by atoms with van der Waals surface area (Å²) in [6.45, 7) is 16.4. The predicted octanol–water partition coefficient (Wildman–Crippen LogP) is 15.4. The van der Waals surface area contributed by atoms with Gasteiger partial charge in [-0.25, -0.2) is 0 Å². The molecule has 6 heteroatoms. The van der Waals surface area contributed by atoms with Crippen LogP contribution in [0.5, 0.6) is 0 Å². The van der Waals surface area contributed by atoms with Gasteiger partial charge < -0.3 is 22.6 Å². The highest BCUT2D eigenvalue weighted by Gasteiger charge is 2.47. The molecule has 12 aromatic rings. The van der Waals surface area contributed by atoms with E-state index in [4.69, 9.17) is 13.3 Å². The summed E-state index contributed by atoms with van der Waals surface area (Å²) in [4.78, 5) is 2.62. The van der Waals surface area contributed by atoms with Crippen LogP contribution in [0.4, 0.5) is 11.4 Å². The summed E-state index contributed by atoms with van der Waals surface area (Å²) >= 11 is 0. The molecule has 3 aliphatic rings. The summed E-state index contributed by atoms with van der Waals surface area (Å²) in [5.74, 6) is 0. The number of furan rings is 3. The SMILES string of the molecule is CC(C)(C)c1ccc(N2B3c4cc5c(cc4-n4c6cc7c(cc6c6c8oc9ccccc9c8c(c3c64)-c3cc4c(cc32)oc2ccccc24)C(C)(C)CCC7(C)C)oc2ccccc25)cc1. The van der Waals surface area contributed by atoms with Gasteiger partial charge in [-0.15, -0.1) is 0 Å². The lowest BCUT2D eigenvalue weighted by Gasteiger charge is -2.42. The first-order valence-electron chi connectivity index (χ1n) is 23.7. The topological polar surface area (TPSA) is 47.6 Å². The standard InChI is InChI=1S/C60H47BN2O3/c1-58(2,3)32-20-22-33(23-21-32)63-45-30-50-37(34-14-8-11-17-47(34)64-50)26-39(45)52-53-36-16-10-13-19-49(36)66-57(53)54-40-27-41-42(60(6,7)25-24-59(41,4)5)29-44(40)62-46-31-51-38(35-15-9-12-18-48(35)65-51)28-43(46)61(63)55(52)56(54)62/h8-23,26-31H,24-25H2,1-7H3. The molecule has 0 unspecified atom stereocenters. The highest BCUT2D eigenvalue weighted by Crippen LogP contribution is 2.55. The molecule has 0 radical (unpaired) electrons. The Morgan fingerprint density at radius 1 is 0.530 bits per heavy atom. The molecule has 0 fully saturated rings. The summed E-state index contributed by atoms with van der Waals surface area (Å²) in [5.41, 5.74) is 20.3. The molecule has 0 saturated heterocycles. The number of rotatable bonds is 1. The largest absolute Gasteiger partial charge is 0.456 e. The van der Waals surface area contributed by atoms with Crippen LogP contribution in [-0.2, 0) is 16.2 Å². The molecule has 1 aliphatic carbocycles. The Morgan fingerprint density at radius 3 is 1.76 bits per heavy atom. The Kier molecular flexibility index (Phi) is 6.73. The highest BCUT2D eigenvalue weighted by atomic mass is 16.3. The zero-order valence-corrected chi connectivity index (χ0v) is 38.3. The van der Waals surface area contributed by atoms with Gasteiger partial charge in [0.2, 0.25) is 0 Å². The van der Waals surface area contributed by atoms with E-state index in [1.165, 1.54) is 65.9 Å². The number of nitrogens with zero attached hydrogens (tertiary/aromatic N) is 2. The van der Waals surface area contributed by atoms with Crippen LogP contribution in [0.25, 0.3) is 104 Å². The summed E-state index contributed by atoms with van der Waals surface area (Å²) in [6.07, 6.45) is 2.27. The van der Waals surface area contributed by atoms with E-state index in [0.29, 0.717) is 0 Å². The van der Waals surface area contributed by atoms with E-state index in [-0.39, 0.29) is 23.1 Å². The third-order valence-electron chi connectivity index (χ3n) is 16.2. The Balaban J connectivity index is 1.21. The number of benzene rings is 8. The van der Waals surface area contributed by atoms with E-state index >= 15 is 0 Å². The monoisotopic (exact) mass is 854 g/mol. The molecule has 4 aromatic heterocycles. The molecule has 0 N–H and O–H groups in total. The fourth-order valence-electron chi connectivity index (χ4n) is 12.7. The van der Waals surface area contributed by atoms with Crippen LogP contribution < -0.4 is 15.7 Å². The van der Waals surface area contributed by atoms with Crippen molar-refractivity contribution in [3.63, 3.8) is 0 Å². The van der Waals surface area contributed by atoms with E-state index in [1.54, 1.807) is 0 Å². The molecule has 2 aliphatic heterocycles. The van der Waals surface area contributed by atoms with Gasteiger partial charge in [-0.05, 0) is 111 Å². The molecule has 0 spiro atoms. The molecule has 0 saturated carbocycles. The van der Waals surface area contributed by atoms with Gasteiger partial charge >= 0.3 is 6.85 Å². The van der Waals surface area contributed by atoms with E-state index in [2.05, 4.69) is 191 Å². The molecular formula is C60H47BN2O3. The van der Waals surface area contributed by atoms with Gasteiger partial charge in [0, 0.05) is 72.5 Å². The number of hydrogen-bond acceptors (Lipinski definition) is 4. The van der Waals surface area contributed by atoms with Gasteiger partial charge in [-0.2, -0.15) is 0 Å². The third-order valence-corrected chi connectivity index (χ3v) is 16.2. The molecular weight excluding hydrogens is 807 g/mol. The first kappa shape index (κ1) is 37.1. The molecule has 0 atom stereocenters. The van der Waals surface area contributed by atoms with Crippen LogP contribution >= 0.6 is 0 Å². The van der Waals surface area contributed by atoms with Crippen molar-refractivity contribution in [2.24, 2.45) is 0 Å². The number of aromatic nitrogens is 1. The maximum absolute atomic E-state index is 7.30. The van der Waals surface area contributed by atoms with Gasteiger partial charge in [-0.1, -0.05) is 121 Å². The van der Waals surface area contributed by atoms with Crippen molar-refractivity contribution in [3.05, 3.63) is 150 Å². The van der Waals surface area contributed by atoms with Gasteiger partial charge in [-0.3, -0.25) is 0 Å². The smallest absolute Gasteiger partial charge is 0.333 e. The van der Waals surface area contributed by atoms with Crippen LogP contribution in [0.2, 0.25) is 0 Å². The minimum Gasteiger partial charge on any atom is -0.456 e. The molecule has 8 aromatic carbocycles.